The molecular formula is C20H17Cl2NO2. The second-order valence-electron chi connectivity index (χ2n) is 5.72. The maximum atomic E-state index is 12.3. The summed E-state index contributed by atoms with van der Waals surface area (Å²) in [5, 5.41) is 6.11. The molecule has 1 unspecified atom stereocenters. The summed E-state index contributed by atoms with van der Waals surface area (Å²) in [6, 6.07) is 18.9. The zero-order valence-corrected chi connectivity index (χ0v) is 15.1. The second-order valence-corrected chi connectivity index (χ2v) is 6.57. The van der Waals surface area contributed by atoms with E-state index in [0.29, 0.717) is 22.3 Å². The molecule has 0 aliphatic heterocycles. The van der Waals surface area contributed by atoms with Gasteiger partial charge < -0.3 is 10.1 Å². The van der Waals surface area contributed by atoms with E-state index in [1.807, 2.05) is 42.5 Å². The van der Waals surface area contributed by atoms with Crippen LogP contribution in [0.1, 0.15) is 12.5 Å². The molecule has 25 heavy (non-hydrogen) atoms. The minimum absolute atomic E-state index is 0.209. The third-order valence-electron chi connectivity index (χ3n) is 3.87. The van der Waals surface area contributed by atoms with Crippen LogP contribution in [0.5, 0.6) is 5.75 Å². The Labute approximate surface area is 156 Å². The lowest BCUT2D eigenvalue weighted by molar-refractivity contribution is -0.127. The van der Waals surface area contributed by atoms with Crippen molar-refractivity contribution in [2.75, 3.05) is 0 Å². The average molecular weight is 374 g/mol. The highest BCUT2D eigenvalue weighted by Gasteiger charge is 2.15. The van der Waals surface area contributed by atoms with Gasteiger partial charge in [-0.2, -0.15) is 0 Å². The lowest BCUT2D eigenvalue weighted by atomic mass is 10.1. The quantitative estimate of drug-likeness (QED) is 0.664. The number of nitrogens with one attached hydrogen (secondary N) is 1. The number of fused-ring (bicyclic) bond motifs is 1. The molecule has 3 rings (SSSR count). The summed E-state index contributed by atoms with van der Waals surface area (Å²) in [7, 11) is 0. The third-order valence-corrected chi connectivity index (χ3v) is 4.46. The first kappa shape index (κ1) is 17.6. The molecule has 0 aliphatic rings. The fourth-order valence-corrected chi connectivity index (χ4v) is 2.96. The van der Waals surface area contributed by atoms with Crippen LogP contribution in [-0.2, 0) is 11.3 Å². The lowest BCUT2D eigenvalue weighted by Crippen LogP contribution is -2.35. The number of ether oxygens (including phenoxy) is 1. The van der Waals surface area contributed by atoms with Crippen LogP contribution in [0.25, 0.3) is 10.8 Å². The van der Waals surface area contributed by atoms with Gasteiger partial charge >= 0.3 is 0 Å². The number of hydrogen-bond acceptors (Lipinski definition) is 2. The molecule has 3 nitrogen and oxygen atoms in total. The first-order chi connectivity index (χ1) is 12.0. The summed E-state index contributed by atoms with van der Waals surface area (Å²) < 4.78 is 5.76. The SMILES string of the molecule is CC(Oc1ccc2ccccc2c1)C(=O)NCc1ccc(Cl)cc1Cl. The first-order valence-electron chi connectivity index (χ1n) is 7.90. The Hall–Kier alpha value is -2.23. The van der Waals surface area contributed by atoms with Gasteiger partial charge in [0, 0.05) is 16.6 Å². The van der Waals surface area contributed by atoms with Gasteiger partial charge in [0.1, 0.15) is 5.75 Å². The Bertz CT molecular complexity index is 911. The molecule has 0 fully saturated rings. The number of carbonyl (C=O) groups is 1. The van der Waals surface area contributed by atoms with Gasteiger partial charge in [-0.05, 0) is 47.5 Å². The Balaban J connectivity index is 1.61. The van der Waals surface area contributed by atoms with E-state index in [9.17, 15) is 4.79 Å². The highest BCUT2D eigenvalue weighted by atomic mass is 35.5. The predicted octanol–water partition coefficient (Wildman–Crippen LogP) is 5.23. The van der Waals surface area contributed by atoms with Crippen molar-refractivity contribution in [3.63, 3.8) is 0 Å². The van der Waals surface area contributed by atoms with Crippen LogP contribution in [0.2, 0.25) is 10.0 Å². The second kappa shape index (κ2) is 7.77. The van der Waals surface area contributed by atoms with Crippen molar-refractivity contribution in [1.29, 1.82) is 0 Å². The van der Waals surface area contributed by atoms with Crippen LogP contribution in [0.3, 0.4) is 0 Å². The van der Waals surface area contributed by atoms with Gasteiger partial charge in [0.2, 0.25) is 0 Å². The van der Waals surface area contributed by atoms with E-state index in [4.69, 9.17) is 27.9 Å². The van der Waals surface area contributed by atoms with Crippen LogP contribution in [0.4, 0.5) is 0 Å². The van der Waals surface area contributed by atoms with E-state index >= 15 is 0 Å². The number of benzene rings is 3. The van der Waals surface area contributed by atoms with E-state index in [2.05, 4.69) is 5.32 Å². The summed E-state index contributed by atoms with van der Waals surface area (Å²) in [4.78, 5) is 12.3. The van der Waals surface area contributed by atoms with Gasteiger partial charge in [-0.1, -0.05) is 59.6 Å². The minimum Gasteiger partial charge on any atom is -0.481 e. The van der Waals surface area contributed by atoms with E-state index in [1.54, 1.807) is 25.1 Å². The van der Waals surface area contributed by atoms with E-state index < -0.39 is 6.10 Å². The van der Waals surface area contributed by atoms with Crippen LogP contribution in [0, 0.1) is 0 Å². The van der Waals surface area contributed by atoms with Crippen molar-refractivity contribution < 1.29 is 9.53 Å². The Morgan fingerprint density at radius 1 is 1.04 bits per heavy atom. The molecule has 0 aromatic heterocycles. The molecule has 0 saturated heterocycles. The van der Waals surface area contributed by atoms with Gasteiger partial charge in [0.05, 0.1) is 0 Å². The predicted molar refractivity (Wildman–Crippen MR) is 102 cm³/mol. The molecule has 1 atom stereocenters. The van der Waals surface area contributed by atoms with Crippen molar-refractivity contribution >= 4 is 39.9 Å². The summed E-state index contributed by atoms with van der Waals surface area (Å²) in [5.74, 6) is 0.449. The van der Waals surface area contributed by atoms with E-state index in [1.165, 1.54) is 0 Å². The normalized spacial score (nSPS) is 12.0. The molecule has 3 aromatic carbocycles. The molecule has 0 radical (unpaired) electrons. The van der Waals surface area contributed by atoms with Crippen molar-refractivity contribution in [3.05, 3.63) is 76.3 Å². The van der Waals surface area contributed by atoms with Gasteiger partial charge in [0.15, 0.2) is 6.10 Å². The summed E-state index contributed by atoms with van der Waals surface area (Å²) in [5.41, 5.74) is 0.803. The topological polar surface area (TPSA) is 38.3 Å². The van der Waals surface area contributed by atoms with Crippen molar-refractivity contribution in [2.45, 2.75) is 19.6 Å². The van der Waals surface area contributed by atoms with Gasteiger partial charge in [-0.3, -0.25) is 4.79 Å². The standard InChI is InChI=1S/C20H17Cl2NO2/c1-13(20(24)23-12-16-6-8-17(21)11-19(16)22)25-18-9-7-14-4-2-3-5-15(14)10-18/h2-11,13H,12H2,1H3,(H,23,24). The van der Waals surface area contributed by atoms with Crippen LogP contribution in [-0.4, -0.2) is 12.0 Å². The average Bonchev–Trinajstić information content (AvgIpc) is 2.60. The lowest BCUT2D eigenvalue weighted by Gasteiger charge is -2.15. The van der Waals surface area contributed by atoms with Crippen LogP contribution >= 0.6 is 23.2 Å². The molecule has 0 bridgehead atoms. The molecule has 0 aliphatic carbocycles. The summed E-state index contributed by atoms with van der Waals surface area (Å²) in [6.45, 7) is 2.04. The Kier molecular flexibility index (Phi) is 5.47. The molecule has 0 saturated carbocycles. The number of amides is 1. The highest BCUT2D eigenvalue weighted by molar-refractivity contribution is 6.35. The zero-order valence-electron chi connectivity index (χ0n) is 13.6. The molecular weight excluding hydrogens is 357 g/mol. The van der Waals surface area contributed by atoms with Crippen LogP contribution in [0.15, 0.2) is 60.7 Å². The Morgan fingerprint density at radius 2 is 1.80 bits per heavy atom. The fourth-order valence-electron chi connectivity index (χ4n) is 2.49. The number of halogens is 2. The van der Waals surface area contributed by atoms with Gasteiger partial charge in [0.25, 0.3) is 5.91 Å². The molecule has 1 N–H and O–H groups in total. The third kappa shape index (κ3) is 4.44. The maximum Gasteiger partial charge on any atom is 0.261 e. The van der Waals surface area contributed by atoms with Crippen molar-refractivity contribution in [2.24, 2.45) is 0 Å². The smallest absolute Gasteiger partial charge is 0.261 e. The zero-order chi connectivity index (χ0) is 17.8. The largest absolute Gasteiger partial charge is 0.481 e. The van der Waals surface area contributed by atoms with Crippen molar-refractivity contribution in [3.8, 4) is 5.75 Å². The molecule has 3 aromatic rings. The molecule has 5 heteroatoms. The highest BCUT2D eigenvalue weighted by Crippen LogP contribution is 2.22. The molecule has 1 amide bonds. The number of rotatable bonds is 5. The minimum atomic E-state index is -0.618. The van der Waals surface area contributed by atoms with Crippen molar-refractivity contribution in [1.82, 2.24) is 5.32 Å². The van der Waals surface area contributed by atoms with Gasteiger partial charge in [-0.25, -0.2) is 0 Å². The number of hydrogen-bond donors (Lipinski definition) is 1. The maximum absolute atomic E-state index is 12.3. The summed E-state index contributed by atoms with van der Waals surface area (Å²) in [6.07, 6.45) is -0.618. The monoisotopic (exact) mass is 373 g/mol. The summed E-state index contributed by atoms with van der Waals surface area (Å²) >= 11 is 12.0. The van der Waals surface area contributed by atoms with Crippen LogP contribution < -0.4 is 10.1 Å². The molecule has 0 spiro atoms. The number of carbonyl (C=O) groups excluding carboxylic acids is 1. The fraction of sp³-hybridized carbons (Fsp3) is 0.150. The molecule has 0 heterocycles. The van der Waals surface area contributed by atoms with E-state index in [0.717, 1.165) is 16.3 Å². The first-order valence-corrected chi connectivity index (χ1v) is 8.65. The Morgan fingerprint density at radius 3 is 2.56 bits per heavy atom. The van der Waals surface area contributed by atoms with E-state index in [-0.39, 0.29) is 5.91 Å². The van der Waals surface area contributed by atoms with Gasteiger partial charge in [-0.15, -0.1) is 0 Å². The molecule has 128 valence electrons.